The lowest BCUT2D eigenvalue weighted by atomic mass is 9.92. The van der Waals surface area contributed by atoms with Gasteiger partial charge in [-0.05, 0) is 46.5 Å². The number of rotatable bonds is 6. The zero-order valence-corrected chi connectivity index (χ0v) is 31.6. The highest BCUT2D eigenvalue weighted by atomic mass is 32.1. The standard InChI is InChI=1S/C53H33N3S/c1-4-14-34(15-5-1)40-21-12-24-44-50(40)45-32-39(30-31-46(45)54-51(44)37-16-6-2-7-17-37)48-33-47(55-53(56-48)38-18-8-3-9-19-38)36-28-26-35(27-29-36)41-22-13-23-43-42-20-10-11-25-49(42)57-52(41)43/h1-33H. The van der Waals surface area contributed by atoms with Crippen LogP contribution in [0.4, 0.5) is 0 Å². The van der Waals surface area contributed by atoms with E-state index in [4.69, 9.17) is 15.0 Å². The van der Waals surface area contributed by atoms with Crippen LogP contribution in [0.5, 0.6) is 0 Å². The van der Waals surface area contributed by atoms with Crippen molar-refractivity contribution in [1.82, 2.24) is 15.0 Å². The predicted molar refractivity (Wildman–Crippen MR) is 240 cm³/mol. The summed E-state index contributed by atoms with van der Waals surface area (Å²) in [4.78, 5) is 15.7. The third-order valence-electron chi connectivity index (χ3n) is 10.9. The number of benzene rings is 8. The summed E-state index contributed by atoms with van der Waals surface area (Å²) in [6.07, 6.45) is 0. The van der Waals surface area contributed by atoms with E-state index in [1.807, 2.05) is 29.5 Å². The fourth-order valence-electron chi connectivity index (χ4n) is 8.14. The molecule has 0 radical (unpaired) electrons. The molecule has 0 fully saturated rings. The molecule has 0 saturated carbocycles. The van der Waals surface area contributed by atoms with E-state index in [9.17, 15) is 0 Å². The van der Waals surface area contributed by atoms with Crippen molar-refractivity contribution in [3.8, 4) is 67.4 Å². The van der Waals surface area contributed by atoms with E-state index in [1.165, 1.54) is 47.8 Å². The molecule has 0 aliphatic carbocycles. The minimum absolute atomic E-state index is 0.690. The summed E-state index contributed by atoms with van der Waals surface area (Å²) in [6, 6.07) is 70.8. The lowest BCUT2D eigenvalue weighted by Gasteiger charge is -2.15. The van der Waals surface area contributed by atoms with Crippen molar-refractivity contribution in [3.05, 3.63) is 200 Å². The zero-order chi connectivity index (χ0) is 37.7. The highest BCUT2D eigenvalue weighted by molar-refractivity contribution is 7.26. The third kappa shape index (κ3) is 5.86. The first kappa shape index (κ1) is 33.1. The number of hydrogen-bond donors (Lipinski definition) is 0. The molecule has 3 aromatic heterocycles. The molecule has 8 aromatic carbocycles. The summed E-state index contributed by atoms with van der Waals surface area (Å²) in [5.74, 6) is 0.690. The van der Waals surface area contributed by atoms with E-state index in [0.29, 0.717) is 5.82 Å². The Balaban J connectivity index is 1.08. The van der Waals surface area contributed by atoms with Crippen molar-refractivity contribution in [3.63, 3.8) is 0 Å². The molecule has 0 atom stereocenters. The van der Waals surface area contributed by atoms with Gasteiger partial charge >= 0.3 is 0 Å². The Hall–Kier alpha value is -7.27. The Labute approximate surface area is 334 Å². The summed E-state index contributed by atoms with van der Waals surface area (Å²) in [5.41, 5.74) is 12.5. The molecule has 11 rings (SSSR count). The fourth-order valence-corrected chi connectivity index (χ4v) is 9.38. The third-order valence-corrected chi connectivity index (χ3v) is 12.1. The van der Waals surface area contributed by atoms with Gasteiger partial charge < -0.3 is 0 Å². The molecular weight excluding hydrogens is 711 g/mol. The molecule has 4 heteroatoms. The molecule has 0 aliphatic rings. The fraction of sp³-hybridized carbons (Fsp3) is 0. The van der Waals surface area contributed by atoms with Gasteiger partial charge in [-0.15, -0.1) is 11.3 Å². The Morgan fingerprint density at radius 2 is 0.895 bits per heavy atom. The van der Waals surface area contributed by atoms with Crippen molar-refractivity contribution in [2.75, 3.05) is 0 Å². The van der Waals surface area contributed by atoms with Gasteiger partial charge in [0.05, 0.1) is 22.6 Å². The molecule has 3 heterocycles. The van der Waals surface area contributed by atoms with E-state index < -0.39 is 0 Å². The molecular formula is C53H33N3S. The molecule has 266 valence electrons. The smallest absolute Gasteiger partial charge is 0.160 e. The Morgan fingerprint density at radius 1 is 0.333 bits per heavy atom. The van der Waals surface area contributed by atoms with Crippen LogP contribution in [0.3, 0.4) is 0 Å². The lowest BCUT2D eigenvalue weighted by Crippen LogP contribution is -1.97. The van der Waals surface area contributed by atoms with Crippen LogP contribution in [0.1, 0.15) is 0 Å². The number of fused-ring (bicyclic) bond motifs is 6. The number of hydrogen-bond acceptors (Lipinski definition) is 4. The van der Waals surface area contributed by atoms with Crippen LogP contribution in [0, 0.1) is 0 Å². The van der Waals surface area contributed by atoms with Gasteiger partial charge in [0.1, 0.15) is 0 Å². The molecule has 0 bridgehead atoms. The quantitative estimate of drug-likeness (QED) is 0.159. The normalized spacial score (nSPS) is 11.5. The van der Waals surface area contributed by atoms with E-state index >= 15 is 0 Å². The molecule has 0 N–H and O–H groups in total. The van der Waals surface area contributed by atoms with Crippen LogP contribution in [0.2, 0.25) is 0 Å². The van der Waals surface area contributed by atoms with Crippen LogP contribution < -0.4 is 0 Å². The molecule has 57 heavy (non-hydrogen) atoms. The molecule has 0 spiro atoms. The van der Waals surface area contributed by atoms with E-state index in [1.54, 1.807) is 0 Å². The minimum atomic E-state index is 0.690. The number of pyridine rings is 1. The van der Waals surface area contributed by atoms with Crippen LogP contribution >= 0.6 is 11.3 Å². The Kier molecular flexibility index (Phi) is 8.01. The highest BCUT2D eigenvalue weighted by Crippen LogP contribution is 2.42. The van der Waals surface area contributed by atoms with Gasteiger partial charge in [-0.2, -0.15) is 0 Å². The van der Waals surface area contributed by atoms with Gasteiger partial charge in [-0.3, -0.25) is 0 Å². The molecule has 11 aromatic rings. The highest BCUT2D eigenvalue weighted by Gasteiger charge is 2.18. The molecule has 0 unspecified atom stereocenters. The van der Waals surface area contributed by atoms with Gasteiger partial charge in [0.15, 0.2) is 5.82 Å². The van der Waals surface area contributed by atoms with Crippen molar-refractivity contribution in [2.45, 2.75) is 0 Å². The summed E-state index contributed by atoms with van der Waals surface area (Å²) >= 11 is 1.86. The minimum Gasteiger partial charge on any atom is -0.247 e. The summed E-state index contributed by atoms with van der Waals surface area (Å²) < 4.78 is 2.62. The van der Waals surface area contributed by atoms with Crippen LogP contribution in [0.15, 0.2) is 200 Å². The second-order valence-corrected chi connectivity index (χ2v) is 15.4. The SMILES string of the molecule is c1ccc(-c2nc(-c3ccc(-c4cccc5c4sc4ccccc45)cc3)cc(-c3ccc4nc(-c5ccccc5)c5cccc(-c6ccccc6)c5c4c3)n2)cc1. The molecule has 3 nitrogen and oxygen atoms in total. The van der Waals surface area contributed by atoms with Crippen molar-refractivity contribution >= 4 is 53.2 Å². The summed E-state index contributed by atoms with van der Waals surface area (Å²) in [7, 11) is 0. The van der Waals surface area contributed by atoms with E-state index in [0.717, 1.165) is 55.6 Å². The van der Waals surface area contributed by atoms with Crippen LogP contribution in [-0.2, 0) is 0 Å². The average molecular weight is 744 g/mol. The van der Waals surface area contributed by atoms with Gasteiger partial charge in [-0.25, -0.2) is 15.0 Å². The zero-order valence-electron chi connectivity index (χ0n) is 30.8. The van der Waals surface area contributed by atoms with E-state index in [2.05, 4.69) is 182 Å². The molecule has 0 saturated heterocycles. The predicted octanol–water partition coefficient (Wildman–Crippen LogP) is 14.5. The monoisotopic (exact) mass is 743 g/mol. The second kappa shape index (κ2) is 13.8. The number of nitrogens with zero attached hydrogens (tertiary/aromatic N) is 3. The summed E-state index contributed by atoms with van der Waals surface area (Å²) in [5, 5.41) is 5.99. The Morgan fingerprint density at radius 3 is 1.65 bits per heavy atom. The average Bonchev–Trinajstić information content (AvgIpc) is 3.68. The van der Waals surface area contributed by atoms with Gasteiger partial charge in [0.2, 0.25) is 0 Å². The maximum absolute atomic E-state index is 5.31. The molecule has 0 aliphatic heterocycles. The number of aromatic nitrogens is 3. The first-order valence-corrected chi connectivity index (χ1v) is 20.0. The number of thiophene rings is 1. The van der Waals surface area contributed by atoms with Crippen LogP contribution in [-0.4, -0.2) is 15.0 Å². The van der Waals surface area contributed by atoms with Crippen LogP contribution in [0.25, 0.3) is 109 Å². The van der Waals surface area contributed by atoms with E-state index in [-0.39, 0.29) is 0 Å². The van der Waals surface area contributed by atoms with Crippen molar-refractivity contribution in [2.24, 2.45) is 0 Å². The lowest BCUT2D eigenvalue weighted by molar-refractivity contribution is 1.18. The second-order valence-electron chi connectivity index (χ2n) is 14.3. The largest absolute Gasteiger partial charge is 0.247 e. The van der Waals surface area contributed by atoms with Gasteiger partial charge in [0.25, 0.3) is 0 Å². The molecule has 0 amide bonds. The van der Waals surface area contributed by atoms with Crippen molar-refractivity contribution in [1.29, 1.82) is 0 Å². The Bertz CT molecular complexity index is 3260. The van der Waals surface area contributed by atoms with Crippen molar-refractivity contribution < 1.29 is 0 Å². The maximum atomic E-state index is 5.31. The topological polar surface area (TPSA) is 38.7 Å². The van der Waals surface area contributed by atoms with Gasteiger partial charge in [-0.1, -0.05) is 176 Å². The maximum Gasteiger partial charge on any atom is 0.160 e. The summed E-state index contributed by atoms with van der Waals surface area (Å²) in [6.45, 7) is 0. The first-order valence-electron chi connectivity index (χ1n) is 19.2. The van der Waals surface area contributed by atoms with Gasteiger partial charge in [0, 0.05) is 58.6 Å². The first-order chi connectivity index (χ1) is 28.2.